The van der Waals surface area contributed by atoms with E-state index in [4.69, 9.17) is 4.74 Å². The number of hydrogen-bond donors (Lipinski definition) is 0. The molecule has 0 spiro atoms. The van der Waals surface area contributed by atoms with Crippen LogP contribution in [0.4, 0.5) is 0 Å². The monoisotopic (exact) mass is 443 g/mol. The lowest BCUT2D eigenvalue weighted by molar-refractivity contribution is -0.152. The van der Waals surface area contributed by atoms with Gasteiger partial charge in [-0.25, -0.2) is 0 Å². The predicted octanol–water partition coefficient (Wildman–Crippen LogP) is 7.29. The third-order valence-corrected chi connectivity index (χ3v) is 7.83. The fourth-order valence-electron chi connectivity index (χ4n) is 5.66. The maximum absolute atomic E-state index is 12.9. The van der Waals surface area contributed by atoms with Crippen molar-refractivity contribution in [1.82, 2.24) is 4.57 Å². The smallest absolute Gasteiger partial charge is 0.316 e. The van der Waals surface area contributed by atoms with Gasteiger partial charge in [0.25, 0.3) is 0 Å². The summed E-state index contributed by atoms with van der Waals surface area (Å²) in [5.74, 6) is 0.536. The number of ether oxygens (including phenoxy) is 1. The van der Waals surface area contributed by atoms with E-state index in [-0.39, 0.29) is 22.2 Å². The largest absolute Gasteiger partial charge is 0.463 e. The van der Waals surface area contributed by atoms with Crippen molar-refractivity contribution in [2.75, 3.05) is 6.61 Å². The Morgan fingerprint density at radius 1 is 0.970 bits per heavy atom. The van der Waals surface area contributed by atoms with Crippen LogP contribution in [-0.2, 0) is 26.9 Å². The lowest BCUT2D eigenvalue weighted by atomic mass is 9.85. The number of benzene rings is 2. The lowest BCUT2D eigenvalue weighted by Crippen LogP contribution is -2.28. The van der Waals surface area contributed by atoms with Gasteiger partial charge in [-0.2, -0.15) is 0 Å². The van der Waals surface area contributed by atoms with E-state index in [9.17, 15) is 4.79 Å². The van der Waals surface area contributed by atoms with Gasteiger partial charge in [-0.3, -0.25) is 4.79 Å². The molecule has 0 amide bonds. The first-order valence-corrected chi connectivity index (χ1v) is 12.4. The summed E-state index contributed by atoms with van der Waals surface area (Å²) in [6.07, 6.45) is 7.30. The van der Waals surface area contributed by atoms with E-state index in [1.807, 2.05) is 0 Å². The molecule has 2 bridgehead atoms. The van der Waals surface area contributed by atoms with Gasteiger partial charge >= 0.3 is 5.97 Å². The summed E-state index contributed by atoms with van der Waals surface area (Å²) in [5, 5.41) is 2.57. The Balaban J connectivity index is 1.50. The summed E-state index contributed by atoms with van der Waals surface area (Å²) in [4.78, 5) is 12.9. The van der Waals surface area contributed by atoms with Crippen molar-refractivity contribution in [3.63, 3.8) is 0 Å². The van der Waals surface area contributed by atoms with E-state index < -0.39 is 0 Å². The van der Waals surface area contributed by atoms with E-state index in [0.29, 0.717) is 19.1 Å². The molecule has 1 fully saturated rings. The van der Waals surface area contributed by atoms with Gasteiger partial charge in [-0.05, 0) is 71.4 Å². The van der Waals surface area contributed by atoms with Crippen LogP contribution in [0.2, 0.25) is 0 Å². The molecular formula is C30H37NO2. The molecule has 3 aromatic rings. The lowest BCUT2D eigenvalue weighted by Gasteiger charge is -2.21. The second-order valence-corrected chi connectivity index (χ2v) is 12.3. The van der Waals surface area contributed by atoms with Gasteiger partial charge in [0, 0.05) is 21.8 Å². The number of aromatic nitrogens is 1. The van der Waals surface area contributed by atoms with Gasteiger partial charge in [-0.1, -0.05) is 65.8 Å². The van der Waals surface area contributed by atoms with Crippen LogP contribution in [0, 0.1) is 11.3 Å². The number of hydrogen-bond acceptors (Lipinski definition) is 2. The molecule has 0 radical (unpaired) electrons. The van der Waals surface area contributed by atoms with Crippen LogP contribution in [-0.4, -0.2) is 17.1 Å². The standard InChI is InChI=1S/C30H37NO2/c1-28(2,3)21-7-9-25-23(17-21)24-18-22(29(4,5)6)8-10-26(24)31(25)15-16-33-27(32)30-13-11-20(19-30)12-14-30/h7-11,13,17-18,20H,12,14-16,19H2,1-6H3. The third kappa shape index (κ3) is 3.80. The van der Waals surface area contributed by atoms with Crippen LogP contribution in [0.15, 0.2) is 48.6 Å². The molecule has 0 saturated heterocycles. The maximum Gasteiger partial charge on any atom is 0.316 e. The molecule has 2 aliphatic rings. The molecule has 5 rings (SSSR count). The summed E-state index contributed by atoms with van der Waals surface area (Å²) >= 11 is 0. The molecule has 1 heterocycles. The molecular weight excluding hydrogens is 406 g/mol. The average Bonchev–Trinajstić information content (AvgIpc) is 3.45. The molecule has 3 nitrogen and oxygen atoms in total. The third-order valence-electron chi connectivity index (χ3n) is 7.83. The van der Waals surface area contributed by atoms with E-state index in [0.717, 1.165) is 19.3 Å². The van der Waals surface area contributed by atoms with Gasteiger partial charge in [0.15, 0.2) is 0 Å². The highest BCUT2D eigenvalue weighted by Gasteiger charge is 2.47. The Hall–Kier alpha value is -2.55. The zero-order valence-electron chi connectivity index (χ0n) is 21.0. The second-order valence-electron chi connectivity index (χ2n) is 12.3. The van der Waals surface area contributed by atoms with Crippen molar-refractivity contribution in [2.24, 2.45) is 11.3 Å². The van der Waals surface area contributed by atoms with Crippen molar-refractivity contribution in [1.29, 1.82) is 0 Å². The second kappa shape index (κ2) is 7.48. The molecule has 2 aromatic carbocycles. The number of rotatable bonds is 4. The zero-order valence-corrected chi connectivity index (χ0v) is 21.0. The topological polar surface area (TPSA) is 31.2 Å². The van der Waals surface area contributed by atoms with Gasteiger partial charge in [0.05, 0.1) is 12.0 Å². The summed E-state index contributed by atoms with van der Waals surface area (Å²) in [6, 6.07) is 13.7. The molecule has 3 heteroatoms. The average molecular weight is 444 g/mol. The van der Waals surface area contributed by atoms with Crippen LogP contribution in [0.5, 0.6) is 0 Å². The van der Waals surface area contributed by atoms with Crippen molar-refractivity contribution in [2.45, 2.75) is 78.2 Å². The van der Waals surface area contributed by atoms with Gasteiger partial charge < -0.3 is 9.30 Å². The van der Waals surface area contributed by atoms with Crippen LogP contribution in [0.3, 0.4) is 0 Å². The van der Waals surface area contributed by atoms with Crippen molar-refractivity contribution < 1.29 is 9.53 Å². The minimum Gasteiger partial charge on any atom is -0.463 e. The highest BCUT2D eigenvalue weighted by Crippen LogP contribution is 2.49. The SMILES string of the molecule is CC(C)(C)c1ccc2c(c1)c1cc(C(C)(C)C)ccc1n2CCOC(=O)C12C=CC(CC1)C2. The summed E-state index contributed by atoms with van der Waals surface area (Å²) in [6.45, 7) is 14.6. The number of esters is 1. The van der Waals surface area contributed by atoms with Crippen molar-refractivity contribution >= 4 is 27.8 Å². The molecule has 0 aliphatic heterocycles. The van der Waals surface area contributed by atoms with Gasteiger partial charge in [0.1, 0.15) is 6.61 Å². The Morgan fingerprint density at radius 3 is 1.97 bits per heavy atom. The first-order valence-electron chi connectivity index (χ1n) is 12.4. The highest BCUT2D eigenvalue weighted by molar-refractivity contribution is 6.08. The molecule has 2 aliphatic carbocycles. The minimum atomic E-state index is -0.352. The molecule has 2 unspecified atom stereocenters. The number of carbonyl (C=O) groups is 1. The van der Waals surface area contributed by atoms with E-state index in [1.165, 1.54) is 32.9 Å². The molecule has 2 atom stereocenters. The fourth-order valence-corrected chi connectivity index (χ4v) is 5.66. The Labute approximate surface area is 197 Å². The fraction of sp³-hybridized carbons (Fsp3) is 0.500. The quantitative estimate of drug-likeness (QED) is 0.313. The summed E-state index contributed by atoms with van der Waals surface area (Å²) in [5.41, 5.74) is 4.92. The van der Waals surface area contributed by atoms with Crippen LogP contribution < -0.4 is 0 Å². The highest BCUT2D eigenvalue weighted by atomic mass is 16.5. The normalized spacial score (nSPS) is 22.5. The predicted molar refractivity (Wildman–Crippen MR) is 137 cm³/mol. The maximum atomic E-state index is 12.9. The number of fused-ring (bicyclic) bond motifs is 5. The van der Waals surface area contributed by atoms with E-state index >= 15 is 0 Å². The van der Waals surface area contributed by atoms with Crippen molar-refractivity contribution in [3.8, 4) is 0 Å². The summed E-state index contributed by atoms with van der Waals surface area (Å²) in [7, 11) is 0. The van der Waals surface area contributed by atoms with E-state index in [2.05, 4.69) is 94.7 Å². The Bertz CT molecular complexity index is 1190. The summed E-state index contributed by atoms with van der Waals surface area (Å²) < 4.78 is 8.19. The van der Waals surface area contributed by atoms with Crippen LogP contribution >= 0.6 is 0 Å². The zero-order chi connectivity index (χ0) is 23.6. The van der Waals surface area contributed by atoms with Crippen molar-refractivity contribution in [3.05, 3.63) is 59.7 Å². The first-order chi connectivity index (χ1) is 15.5. The van der Waals surface area contributed by atoms with Crippen LogP contribution in [0.25, 0.3) is 21.8 Å². The minimum absolute atomic E-state index is 0.0374. The van der Waals surface area contributed by atoms with Gasteiger partial charge in [0.2, 0.25) is 0 Å². The molecule has 33 heavy (non-hydrogen) atoms. The molecule has 0 N–H and O–H groups in total. The van der Waals surface area contributed by atoms with Crippen LogP contribution in [0.1, 0.15) is 71.9 Å². The number of carbonyl (C=O) groups excluding carboxylic acids is 1. The number of allylic oxidation sites excluding steroid dienone is 1. The number of nitrogens with zero attached hydrogens (tertiary/aromatic N) is 1. The first kappa shape index (κ1) is 22.3. The van der Waals surface area contributed by atoms with E-state index in [1.54, 1.807) is 0 Å². The molecule has 1 aromatic heterocycles. The Morgan fingerprint density at radius 2 is 1.55 bits per heavy atom. The molecule has 1 saturated carbocycles. The Kier molecular flexibility index (Phi) is 5.04. The van der Waals surface area contributed by atoms with Gasteiger partial charge in [-0.15, -0.1) is 0 Å². The molecule has 174 valence electrons.